The molecule has 0 aromatic rings. The third kappa shape index (κ3) is 21.6. The van der Waals surface area contributed by atoms with Crippen molar-refractivity contribution in [2.45, 2.75) is 174 Å². The summed E-state index contributed by atoms with van der Waals surface area (Å²) in [5.74, 6) is -1.09. The van der Waals surface area contributed by atoms with Gasteiger partial charge < -0.3 is 14.2 Å². The molecule has 0 fully saturated rings. The van der Waals surface area contributed by atoms with E-state index in [-0.39, 0.29) is 90.6 Å². The second-order valence-electron chi connectivity index (χ2n) is 18.2. The first-order valence-electron chi connectivity index (χ1n) is 25.9. The molecule has 0 saturated carbocycles. The largest absolute Gasteiger partial charge is 0.462 e. The van der Waals surface area contributed by atoms with E-state index in [4.69, 9.17) is 14.2 Å². The summed E-state index contributed by atoms with van der Waals surface area (Å²) in [5.41, 5.74) is 2.12. The molecular weight excluding hydrogens is 865 g/mol. The van der Waals surface area contributed by atoms with Crippen molar-refractivity contribution in [3.63, 3.8) is 0 Å². The molecule has 0 N–H and O–H groups in total. The van der Waals surface area contributed by atoms with Crippen LogP contribution in [0.5, 0.6) is 0 Å². The Hall–Kier alpha value is -5.70. The van der Waals surface area contributed by atoms with Crippen LogP contribution in [0.4, 0.5) is 0 Å². The van der Waals surface area contributed by atoms with Crippen molar-refractivity contribution in [3.05, 3.63) is 144 Å². The quantitative estimate of drug-likeness (QED) is 0.126. The Morgan fingerprint density at radius 3 is 0.971 bits per heavy atom. The van der Waals surface area contributed by atoms with E-state index in [0.29, 0.717) is 113 Å². The van der Waals surface area contributed by atoms with E-state index in [1.807, 2.05) is 72.9 Å². The zero-order valence-corrected chi connectivity index (χ0v) is 41.6. The van der Waals surface area contributed by atoms with E-state index >= 15 is 0 Å². The van der Waals surface area contributed by atoms with Crippen LogP contribution in [0.15, 0.2) is 144 Å². The zero-order valence-electron chi connectivity index (χ0n) is 41.6. The Bertz CT molecular complexity index is 1840. The topological polar surface area (TPSA) is 130 Å². The zero-order chi connectivity index (χ0) is 49.5. The number of hydrogen-bond donors (Lipinski definition) is 0. The van der Waals surface area contributed by atoms with Gasteiger partial charge in [-0.25, -0.2) is 0 Å². The van der Waals surface area contributed by atoms with Gasteiger partial charge in [0.1, 0.15) is 18.3 Å². The molecule has 3 aliphatic carbocycles. The lowest BCUT2D eigenvalue weighted by atomic mass is 9.96. The average molecular weight is 943 g/mol. The van der Waals surface area contributed by atoms with Crippen LogP contribution in [0.3, 0.4) is 0 Å². The highest BCUT2D eigenvalue weighted by molar-refractivity contribution is 6.08. The summed E-state index contributed by atoms with van der Waals surface area (Å²) >= 11 is 0. The molecule has 4 aliphatic rings. The van der Waals surface area contributed by atoms with Crippen LogP contribution in [-0.4, -0.2) is 53.6 Å². The number of esters is 3. The molecule has 1 aliphatic heterocycles. The Kier molecular flexibility index (Phi) is 26.7. The van der Waals surface area contributed by atoms with Gasteiger partial charge in [0.15, 0.2) is 17.3 Å². The standard InChI is InChI=1S/C60H78O9/c1-4-7-16-28-49-37-40-52-46(34-43-55(52)61)25-19-11-14-23-32-59(65)68-51(30-18-9-6-3)39-42-54-48(36-45-57(54)63)27-21-12-15-24-33-60(66)69-50(29-17-8-5-2)38-41-53-47(35-44-56(53)62)26-20-10-13-22-31-58(64)67-49/h7-12,16-21,34-36,40-51H,4-6,13-15,22-33,37-39H2,1-3H3. The lowest BCUT2D eigenvalue weighted by Gasteiger charge is -2.16. The number of ketones is 3. The maximum Gasteiger partial charge on any atom is 0.306 e. The lowest BCUT2D eigenvalue weighted by molar-refractivity contribution is -0.149. The van der Waals surface area contributed by atoms with Gasteiger partial charge in [-0.15, -0.1) is 0 Å². The van der Waals surface area contributed by atoms with Crippen LogP contribution in [-0.2, 0) is 43.0 Å². The molecule has 9 heteroatoms. The number of carbonyl (C=O) groups excluding carboxylic acids is 6. The van der Waals surface area contributed by atoms with Gasteiger partial charge in [0.25, 0.3) is 0 Å². The van der Waals surface area contributed by atoms with Gasteiger partial charge >= 0.3 is 17.9 Å². The highest BCUT2D eigenvalue weighted by Crippen LogP contribution is 2.30. The third-order valence-corrected chi connectivity index (χ3v) is 12.5. The maximum atomic E-state index is 13.0. The number of cyclic esters (lactones) is 3. The Morgan fingerprint density at radius 2 is 0.696 bits per heavy atom. The first kappa shape index (κ1) is 55.9. The van der Waals surface area contributed by atoms with Crippen molar-refractivity contribution >= 4 is 35.3 Å². The van der Waals surface area contributed by atoms with Crippen LogP contribution >= 0.6 is 0 Å². The highest BCUT2D eigenvalue weighted by atomic mass is 16.6. The molecule has 0 spiro atoms. The predicted molar refractivity (Wildman–Crippen MR) is 276 cm³/mol. The summed E-state index contributed by atoms with van der Waals surface area (Å²) in [7, 11) is 0. The number of carbonyl (C=O) groups is 6. The van der Waals surface area contributed by atoms with Crippen molar-refractivity contribution in [3.8, 4) is 0 Å². The molecule has 0 aromatic carbocycles. The van der Waals surface area contributed by atoms with Crippen LogP contribution in [0.1, 0.15) is 156 Å². The van der Waals surface area contributed by atoms with Gasteiger partial charge in [-0.2, -0.15) is 0 Å². The fourth-order valence-electron chi connectivity index (χ4n) is 8.64. The maximum absolute atomic E-state index is 13.0. The highest BCUT2D eigenvalue weighted by Gasteiger charge is 2.26. The number of ether oxygens (including phenoxy) is 3. The van der Waals surface area contributed by atoms with Crippen LogP contribution < -0.4 is 0 Å². The smallest absolute Gasteiger partial charge is 0.306 e. The minimum Gasteiger partial charge on any atom is -0.462 e. The summed E-state index contributed by atoms with van der Waals surface area (Å²) in [6.07, 6.45) is 52.1. The van der Waals surface area contributed by atoms with E-state index in [1.165, 1.54) is 0 Å². The molecule has 1 heterocycles. The molecule has 4 rings (SSSR count). The fourth-order valence-corrected chi connectivity index (χ4v) is 8.64. The van der Waals surface area contributed by atoms with Crippen molar-refractivity contribution < 1.29 is 43.0 Å². The molecule has 6 unspecified atom stereocenters. The lowest BCUT2D eigenvalue weighted by Crippen LogP contribution is -2.17. The summed E-state index contributed by atoms with van der Waals surface area (Å²) in [5, 5.41) is 0. The van der Waals surface area contributed by atoms with Crippen LogP contribution in [0.2, 0.25) is 0 Å². The van der Waals surface area contributed by atoms with Crippen molar-refractivity contribution in [1.29, 1.82) is 0 Å². The molecule has 69 heavy (non-hydrogen) atoms. The molecule has 372 valence electrons. The SMILES string of the molecule is CCC=CCC1CC=C2C(=O)C=CC2CC=CCCCC(=O)OC(CC=CCC)CC=C2C(=O)C=CC2CC=CCCCC(=O)OC(CC=CCC)CC=C2C(=O)C=CC2CC=CCCCC(=O)O1. The van der Waals surface area contributed by atoms with Gasteiger partial charge in [-0.3, -0.25) is 28.8 Å². The third-order valence-electron chi connectivity index (χ3n) is 12.5. The molecule has 0 aromatic heterocycles. The molecule has 0 radical (unpaired) electrons. The van der Waals surface area contributed by atoms with Crippen molar-refractivity contribution in [2.75, 3.05) is 0 Å². The number of rotatable bonds is 9. The molecule has 9 nitrogen and oxygen atoms in total. The molecule has 0 saturated heterocycles. The summed E-state index contributed by atoms with van der Waals surface area (Å²) < 4.78 is 17.9. The van der Waals surface area contributed by atoms with E-state index in [2.05, 4.69) is 57.2 Å². The fraction of sp³-hybridized carbons (Fsp3) is 0.500. The van der Waals surface area contributed by atoms with E-state index in [9.17, 15) is 28.8 Å². The van der Waals surface area contributed by atoms with E-state index in [0.717, 1.165) is 19.3 Å². The van der Waals surface area contributed by atoms with Gasteiger partial charge in [-0.05, 0) is 95.3 Å². The van der Waals surface area contributed by atoms with Crippen molar-refractivity contribution in [2.24, 2.45) is 17.8 Å². The monoisotopic (exact) mass is 943 g/mol. The summed E-state index contributed by atoms with van der Waals surface area (Å²) in [6.45, 7) is 6.16. The van der Waals surface area contributed by atoms with Gasteiger partial charge in [0.2, 0.25) is 0 Å². The molecule has 0 bridgehead atoms. The Labute approximate surface area is 412 Å². The number of allylic oxidation sites excluding steroid dienone is 18. The van der Waals surface area contributed by atoms with Crippen molar-refractivity contribution in [1.82, 2.24) is 0 Å². The number of fused-ring (bicyclic) bond motifs is 3. The molecular formula is C60H78O9. The Morgan fingerprint density at radius 1 is 0.406 bits per heavy atom. The Balaban J connectivity index is 1.46. The first-order valence-corrected chi connectivity index (χ1v) is 25.9. The first-order chi connectivity index (χ1) is 33.6. The minimum absolute atomic E-state index is 0.0259. The number of hydrogen-bond acceptors (Lipinski definition) is 9. The normalized spacial score (nSPS) is 26.2. The van der Waals surface area contributed by atoms with Gasteiger partial charge in [0.05, 0.1) is 0 Å². The molecule has 6 atom stereocenters. The molecule has 0 amide bonds. The minimum atomic E-state index is -0.388. The van der Waals surface area contributed by atoms with Gasteiger partial charge in [-0.1, -0.05) is 130 Å². The summed E-state index contributed by atoms with van der Waals surface area (Å²) in [6, 6.07) is 0. The van der Waals surface area contributed by atoms with Gasteiger partial charge in [0, 0.05) is 92.3 Å². The summed E-state index contributed by atoms with van der Waals surface area (Å²) in [4.78, 5) is 77.9. The van der Waals surface area contributed by atoms with Crippen LogP contribution in [0, 0.1) is 17.8 Å². The van der Waals surface area contributed by atoms with E-state index in [1.54, 1.807) is 18.2 Å². The predicted octanol–water partition coefficient (Wildman–Crippen LogP) is 13.4. The van der Waals surface area contributed by atoms with E-state index < -0.39 is 0 Å². The second kappa shape index (κ2) is 32.9. The van der Waals surface area contributed by atoms with Crippen LogP contribution in [0.25, 0.3) is 0 Å². The average Bonchev–Trinajstić information content (AvgIpc) is 4.00. The second-order valence-corrected chi connectivity index (χ2v) is 18.2.